The van der Waals surface area contributed by atoms with Crippen LogP contribution in [-0.4, -0.2) is 26.9 Å². The summed E-state index contributed by atoms with van der Waals surface area (Å²) in [6.07, 6.45) is 3.59. The number of imidazole rings is 1. The van der Waals surface area contributed by atoms with E-state index in [-0.39, 0.29) is 29.0 Å². The second-order valence-electron chi connectivity index (χ2n) is 10.2. The number of aromatic amines is 1. The van der Waals surface area contributed by atoms with Gasteiger partial charge in [0.1, 0.15) is 11.5 Å². The first-order valence-electron chi connectivity index (χ1n) is 11.0. The molecule has 1 aliphatic rings. The Kier molecular flexibility index (Phi) is 5.15. The molecule has 0 amide bonds. The summed E-state index contributed by atoms with van der Waals surface area (Å²) in [6.45, 7) is 11.4. The van der Waals surface area contributed by atoms with Crippen molar-refractivity contribution in [3.05, 3.63) is 63.2 Å². The Morgan fingerprint density at radius 3 is 2.19 bits per heavy atom. The number of nitrogens with one attached hydrogen (secondary N) is 1. The lowest BCUT2D eigenvalue weighted by Gasteiger charge is -2.42. The fourth-order valence-electron chi connectivity index (χ4n) is 4.85. The van der Waals surface area contributed by atoms with Crippen LogP contribution in [0.4, 0.5) is 0 Å². The highest BCUT2D eigenvalue weighted by Crippen LogP contribution is 2.48. The lowest BCUT2D eigenvalue weighted by atomic mass is 9.62. The van der Waals surface area contributed by atoms with E-state index in [2.05, 4.69) is 51.7 Å². The molecule has 0 spiro atoms. The van der Waals surface area contributed by atoms with Gasteiger partial charge in [-0.1, -0.05) is 33.8 Å². The van der Waals surface area contributed by atoms with Crippen LogP contribution in [0.3, 0.4) is 0 Å². The molecule has 4 rings (SSSR count). The molecule has 2 aromatic carbocycles. The topological polar surface area (TPSA) is 87.5 Å². The summed E-state index contributed by atoms with van der Waals surface area (Å²) < 4.78 is 6.96. The number of phenolic OH excluding ortho intramolecular Hbond substituents is 1. The van der Waals surface area contributed by atoms with Gasteiger partial charge in [0, 0.05) is 17.2 Å². The number of aromatic nitrogens is 2. The van der Waals surface area contributed by atoms with Crippen LogP contribution in [0.15, 0.2) is 35.3 Å². The highest BCUT2D eigenvalue weighted by Gasteiger charge is 2.37. The number of nitrogens with zero attached hydrogens (tertiary/aromatic N) is 1. The Morgan fingerprint density at radius 2 is 1.62 bits per heavy atom. The molecule has 0 saturated carbocycles. The minimum Gasteiger partial charge on any atom is -0.507 e. The van der Waals surface area contributed by atoms with E-state index in [1.54, 1.807) is 13.2 Å². The summed E-state index contributed by atoms with van der Waals surface area (Å²) in [6, 6.07) is 8.04. The first kappa shape index (κ1) is 22.1. The molecule has 0 saturated heterocycles. The van der Waals surface area contributed by atoms with Crippen molar-refractivity contribution in [3.8, 4) is 28.5 Å². The van der Waals surface area contributed by atoms with Gasteiger partial charge in [0.15, 0.2) is 0 Å². The number of H-pyrrole nitrogens is 1. The van der Waals surface area contributed by atoms with Crippen molar-refractivity contribution in [1.29, 1.82) is 0 Å². The van der Waals surface area contributed by atoms with E-state index in [1.165, 1.54) is 21.9 Å². The van der Waals surface area contributed by atoms with E-state index in [0.29, 0.717) is 11.3 Å². The van der Waals surface area contributed by atoms with Gasteiger partial charge in [-0.25, -0.2) is 4.79 Å². The lowest BCUT2D eigenvalue weighted by molar-refractivity contribution is 0.332. The highest BCUT2D eigenvalue weighted by atomic mass is 16.5. The summed E-state index contributed by atoms with van der Waals surface area (Å²) in [5.41, 5.74) is 6.11. The fourth-order valence-corrected chi connectivity index (χ4v) is 4.85. The minimum absolute atomic E-state index is 0.0373. The molecule has 170 valence electrons. The van der Waals surface area contributed by atoms with Crippen LogP contribution in [0, 0.1) is 6.92 Å². The molecule has 0 bridgehead atoms. The smallest absolute Gasteiger partial charge is 0.328 e. The normalized spacial score (nSPS) is 16.6. The molecule has 3 N–H and O–H groups in total. The van der Waals surface area contributed by atoms with E-state index in [0.717, 1.165) is 29.5 Å². The van der Waals surface area contributed by atoms with Gasteiger partial charge in [-0.05, 0) is 65.0 Å². The zero-order valence-electron chi connectivity index (χ0n) is 19.7. The molecule has 6 nitrogen and oxygen atoms in total. The van der Waals surface area contributed by atoms with E-state index < -0.39 is 5.69 Å². The van der Waals surface area contributed by atoms with Gasteiger partial charge in [0.05, 0.1) is 19.9 Å². The van der Waals surface area contributed by atoms with Crippen molar-refractivity contribution in [3.63, 3.8) is 0 Å². The van der Waals surface area contributed by atoms with E-state index in [4.69, 9.17) is 4.74 Å². The largest absolute Gasteiger partial charge is 0.507 e. The van der Waals surface area contributed by atoms with Gasteiger partial charge in [-0.15, -0.1) is 0 Å². The second-order valence-corrected chi connectivity index (χ2v) is 10.2. The third-order valence-electron chi connectivity index (χ3n) is 7.00. The zero-order valence-corrected chi connectivity index (χ0v) is 19.7. The maximum Gasteiger partial charge on any atom is 0.328 e. The number of fused-ring (bicyclic) bond motifs is 1. The number of rotatable bonds is 4. The molecule has 3 aromatic rings. The number of ether oxygens (including phenoxy) is 1. The fraction of sp³-hybridized carbons (Fsp3) is 0.423. The average molecular weight is 437 g/mol. The van der Waals surface area contributed by atoms with Crippen LogP contribution >= 0.6 is 0 Å². The Bertz CT molecular complexity index is 1250. The predicted molar refractivity (Wildman–Crippen MR) is 126 cm³/mol. The molecule has 1 aliphatic carbocycles. The molecule has 0 aliphatic heterocycles. The summed E-state index contributed by atoms with van der Waals surface area (Å²) in [7, 11) is 1.59. The van der Waals surface area contributed by atoms with Crippen molar-refractivity contribution < 1.29 is 14.9 Å². The summed E-state index contributed by atoms with van der Waals surface area (Å²) in [5.74, 6) is 0.403. The van der Waals surface area contributed by atoms with Crippen LogP contribution in [0.5, 0.6) is 17.4 Å². The Labute approximate surface area is 188 Å². The van der Waals surface area contributed by atoms with Crippen LogP contribution in [0.2, 0.25) is 0 Å². The van der Waals surface area contributed by atoms with Gasteiger partial charge in [-0.2, -0.15) is 0 Å². The van der Waals surface area contributed by atoms with Gasteiger partial charge in [0.2, 0.25) is 5.88 Å². The highest BCUT2D eigenvalue weighted by molar-refractivity contribution is 5.77. The van der Waals surface area contributed by atoms with Gasteiger partial charge in [0.25, 0.3) is 0 Å². The van der Waals surface area contributed by atoms with E-state index in [9.17, 15) is 15.0 Å². The number of methoxy groups -OCH3 is 1. The van der Waals surface area contributed by atoms with Crippen molar-refractivity contribution in [2.24, 2.45) is 0 Å². The SMILES string of the molecule is COc1cc(O)c(Cn2cc(O)[nH]c2=O)cc1-c1cc2c(cc1C)C(C)(C)CCC2(C)C. The van der Waals surface area contributed by atoms with Crippen molar-refractivity contribution in [1.82, 2.24) is 9.55 Å². The summed E-state index contributed by atoms with van der Waals surface area (Å²) in [4.78, 5) is 14.4. The van der Waals surface area contributed by atoms with Crippen molar-refractivity contribution >= 4 is 0 Å². The molecule has 0 unspecified atom stereocenters. The molecule has 0 atom stereocenters. The van der Waals surface area contributed by atoms with Gasteiger partial charge < -0.3 is 14.9 Å². The van der Waals surface area contributed by atoms with Crippen LogP contribution in [0.25, 0.3) is 11.1 Å². The van der Waals surface area contributed by atoms with Crippen LogP contribution < -0.4 is 10.4 Å². The third-order valence-corrected chi connectivity index (χ3v) is 7.00. The average Bonchev–Trinajstić information content (AvgIpc) is 3.03. The number of aromatic hydroxyl groups is 2. The molecule has 1 aromatic heterocycles. The number of phenols is 1. The molecule has 0 radical (unpaired) electrons. The van der Waals surface area contributed by atoms with Crippen molar-refractivity contribution in [2.75, 3.05) is 7.11 Å². The molecule has 6 heteroatoms. The van der Waals surface area contributed by atoms with Crippen molar-refractivity contribution in [2.45, 2.75) is 64.8 Å². The Hall–Kier alpha value is -3.15. The van der Waals surface area contributed by atoms with Crippen LogP contribution in [0.1, 0.15) is 62.8 Å². The molecule has 1 heterocycles. The number of aryl methyl sites for hydroxylation is 1. The third kappa shape index (κ3) is 3.68. The van der Waals surface area contributed by atoms with Gasteiger partial charge >= 0.3 is 5.69 Å². The molecule has 32 heavy (non-hydrogen) atoms. The first-order chi connectivity index (χ1) is 14.9. The maximum absolute atomic E-state index is 12.0. The number of hydrogen-bond acceptors (Lipinski definition) is 4. The molecule has 0 fully saturated rings. The number of benzene rings is 2. The predicted octanol–water partition coefficient (Wildman–Crippen LogP) is 4.97. The Morgan fingerprint density at radius 1 is 1.00 bits per heavy atom. The quantitative estimate of drug-likeness (QED) is 0.539. The Balaban J connectivity index is 1.89. The summed E-state index contributed by atoms with van der Waals surface area (Å²) >= 11 is 0. The lowest BCUT2D eigenvalue weighted by Crippen LogP contribution is -2.34. The molecular formula is C26H32N2O4. The van der Waals surface area contributed by atoms with E-state index >= 15 is 0 Å². The standard InChI is InChI=1S/C26H32N2O4/c1-15-9-19-20(26(4,5)8-7-25(19,2)3)11-17(15)18-10-16(21(29)12-22(18)32-6)13-28-14-23(30)27-24(28)31/h9-12,14,29-30H,7-8,13H2,1-6H3,(H,27,31). The monoisotopic (exact) mass is 436 g/mol. The van der Waals surface area contributed by atoms with Gasteiger partial charge in [-0.3, -0.25) is 9.55 Å². The zero-order chi connectivity index (χ0) is 23.4. The van der Waals surface area contributed by atoms with Crippen LogP contribution in [-0.2, 0) is 17.4 Å². The van der Waals surface area contributed by atoms with E-state index in [1.807, 2.05) is 6.07 Å². The second kappa shape index (κ2) is 7.47. The maximum atomic E-state index is 12.0. The molecular weight excluding hydrogens is 404 g/mol. The minimum atomic E-state index is -0.437. The first-order valence-corrected chi connectivity index (χ1v) is 11.0. The summed E-state index contributed by atoms with van der Waals surface area (Å²) in [5, 5.41) is 20.2. The number of hydrogen-bond donors (Lipinski definition) is 3.